The molecule has 0 spiro atoms. The van der Waals surface area contributed by atoms with E-state index >= 15 is 0 Å². The Morgan fingerprint density at radius 2 is 2.00 bits per heavy atom. The molecule has 3 aromatic rings. The number of anilines is 1. The highest BCUT2D eigenvalue weighted by Gasteiger charge is 2.13. The summed E-state index contributed by atoms with van der Waals surface area (Å²) >= 11 is 1.31. The second-order valence-corrected chi connectivity index (χ2v) is 6.56. The van der Waals surface area contributed by atoms with Crippen LogP contribution in [0.25, 0.3) is 16.8 Å². The number of fused-ring (bicyclic) bond motifs is 1. The zero-order valence-electron chi connectivity index (χ0n) is 13.9. The Labute approximate surface area is 149 Å². The number of aromatic nitrogens is 2. The van der Waals surface area contributed by atoms with Crippen LogP contribution < -0.4 is 5.32 Å². The molecule has 6 heteroatoms. The Kier molecular flexibility index (Phi) is 4.87. The molecule has 1 N–H and O–H groups in total. The highest BCUT2D eigenvalue weighted by Crippen LogP contribution is 2.24. The summed E-state index contributed by atoms with van der Waals surface area (Å²) in [6, 6.07) is 13.8. The van der Waals surface area contributed by atoms with Crippen molar-refractivity contribution < 1.29 is 4.79 Å². The van der Waals surface area contributed by atoms with Crippen LogP contribution in [-0.2, 0) is 11.2 Å². The van der Waals surface area contributed by atoms with E-state index in [2.05, 4.69) is 15.5 Å². The van der Waals surface area contributed by atoms with Gasteiger partial charge in [-0.15, -0.1) is 10.2 Å². The Morgan fingerprint density at radius 1 is 1.24 bits per heavy atom. The van der Waals surface area contributed by atoms with Gasteiger partial charge in [0.25, 0.3) is 5.91 Å². The summed E-state index contributed by atoms with van der Waals surface area (Å²) in [4.78, 5) is 12.4. The van der Waals surface area contributed by atoms with E-state index in [1.807, 2.05) is 56.3 Å². The van der Waals surface area contributed by atoms with E-state index < -0.39 is 5.91 Å². The van der Waals surface area contributed by atoms with Crippen molar-refractivity contribution in [2.24, 2.45) is 0 Å². The lowest BCUT2D eigenvalue weighted by Crippen LogP contribution is -2.13. The zero-order chi connectivity index (χ0) is 17.8. The molecule has 0 radical (unpaired) electrons. The Morgan fingerprint density at radius 3 is 2.68 bits per heavy atom. The van der Waals surface area contributed by atoms with Crippen LogP contribution in [0.5, 0.6) is 0 Å². The number of benzene rings is 2. The van der Waals surface area contributed by atoms with Crippen LogP contribution in [0.2, 0.25) is 0 Å². The van der Waals surface area contributed by atoms with Crippen LogP contribution in [0.1, 0.15) is 23.1 Å². The predicted octanol–water partition coefficient (Wildman–Crippen LogP) is 4.11. The van der Waals surface area contributed by atoms with Gasteiger partial charge in [0.05, 0.1) is 0 Å². The summed E-state index contributed by atoms with van der Waals surface area (Å²) in [6.45, 7) is 4.00. The van der Waals surface area contributed by atoms with Crippen molar-refractivity contribution in [3.8, 4) is 6.07 Å². The number of carbonyl (C=O) groups excluding carboxylic acids is 1. The van der Waals surface area contributed by atoms with Crippen molar-refractivity contribution in [3.63, 3.8) is 0 Å². The molecule has 0 aliphatic carbocycles. The summed E-state index contributed by atoms with van der Waals surface area (Å²) in [5.41, 5.74) is 2.01. The maximum atomic E-state index is 12.4. The SMILES string of the molecule is CCc1nnc(NC(=O)C(C#N)=Cc2ccc(C)c3ccccc23)s1. The zero-order valence-corrected chi connectivity index (χ0v) is 14.7. The Bertz CT molecular complexity index is 1010. The normalized spacial score (nSPS) is 11.3. The molecule has 1 heterocycles. The van der Waals surface area contributed by atoms with Crippen LogP contribution in [0.15, 0.2) is 42.0 Å². The third-order valence-corrected chi connectivity index (χ3v) is 4.81. The molecular formula is C19H16N4OS. The summed E-state index contributed by atoms with van der Waals surface area (Å²) in [7, 11) is 0. The lowest BCUT2D eigenvalue weighted by atomic mass is 9.99. The highest BCUT2D eigenvalue weighted by atomic mass is 32.1. The molecule has 124 valence electrons. The predicted molar refractivity (Wildman–Crippen MR) is 100 cm³/mol. The number of rotatable bonds is 4. The molecule has 3 rings (SSSR count). The van der Waals surface area contributed by atoms with Gasteiger partial charge in [0.1, 0.15) is 16.6 Å². The number of carbonyl (C=O) groups is 1. The summed E-state index contributed by atoms with van der Waals surface area (Å²) in [5, 5.41) is 23.3. The van der Waals surface area contributed by atoms with Crippen molar-refractivity contribution >= 4 is 39.2 Å². The van der Waals surface area contributed by atoms with Crippen LogP contribution in [-0.4, -0.2) is 16.1 Å². The van der Waals surface area contributed by atoms with Crippen molar-refractivity contribution in [1.29, 1.82) is 5.26 Å². The maximum Gasteiger partial charge on any atom is 0.268 e. The molecule has 1 amide bonds. The molecule has 0 atom stereocenters. The van der Waals surface area contributed by atoms with Gasteiger partial charge in [0.2, 0.25) is 5.13 Å². The first kappa shape index (κ1) is 16.8. The number of hydrogen-bond donors (Lipinski definition) is 1. The third-order valence-electron chi connectivity index (χ3n) is 3.83. The first-order valence-corrected chi connectivity index (χ1v) is 8.68. The minimum atomic E-state index is -0.481. The van der Waals surface area contributed by atoms with E-state index in [4.69, 9.17) is 0 Å². The fourth-order valence-electron chi connectivity index (χ4n) is 2.51. The van der Waals surface area contributed by atoms with Crippen LogP contribution in [0.4, 0.5) is 5.13 Å². The van der Waals surface area contributed by atoms with Crippen LogP contribution in [0, 0.1) is 18.3 Å². The van der Waals surface area contributed by atoms with E-state index in [0.717, 1.165) is 33.3 Å². The number of aryl methyl sites for hydroxylation is 2. The molecule has 0 fully saturated rings. The minimum absolute atomic E-state index is 0.0299. The molecule has 0 saturated carbocycles. The van der Waals surface area contributed by atoms with Crippen LogP contribution in [0.3, 0.4) is 0 Å². The number of amides is 1. The Balaban J connectivity index is 1.94. The van der Waals surface area contributed by atoms with Gasteiger partial charge in [0, 0.05) is 0 Å². The van der Waals surface area contributed by atoms with Crippen molar-refractivity contribution in [1.82, 2.24) is 10.2 Å². The second kappa shape index (κ2) is 7.24. The third kappa shape index (κ3) is 3.57. The van der Waals surface area contributed by atoms with E-state index in [1.165, 1.54) is 11.3 Å². The van der Waals surface area contributed by atoms with E-state index in [9.17, 15) is 10.1 Å². The van der Waals surface area contributed by atoms with Gasteiger partial charge in [-0.25, -0.2) is 0 Å². The smallest absolute Gasteiger partial charge is 0.268 e. The summed E-state index contributed by atoms with van der Waals surface area (Å²) in [6.07, 6.45) is 2.36. The molecule has 0 saturated heterocycles. The van der Waals surface area contributed by atoms with E-state index in [1.54, 1.807) is 6.08 Å². The van der Waals surface area contributed by atoms with E-state index in [0.29, 0.717) is 5.13 Å². The molecule has 25 heavy (non-hydrogen) atoms. The molecule has 5 nitrogen and oxygen atoms in total. The second-order valence-electron chi connectivity index (χ2n) is 5.50. The summed E-state index contributed by atoms with van der Waals surface area (Å²) < 4.78 is 0. The fraction of sp³-hybridized carbons (Fsp3) is 0.158. The number of nitriles is 1. The molecule has 0 unspecified atom stereocenters. The van der Waals surface area contributed by atoms with E-state index in [-0.39, 0.29) is 5.57 Å². The number of hydrogen-bond acceptors (Lipinski definition) is 5. The van der Waals surface area contributed by atoms with Gasteiger partial charge < -0.3 is 0 Å². The minimum Gasteiger partial charge on any atom is -0.296 e. The van der Waals surface area contributed by atoms with Crippen molar-refractivity contribution in [2.45, 2.75) is 20.3 Å². The lowest BCUT2D eigenvalue weighted by molar-refractivity contribution is -0.112. The molecule has 0 aliphatic rings. The number of nitrogens with zero attached hydrogens (tertiary/aromatic N) is 3. The van der Waals surface area contributed by atoms with Gasteiger partial charge in [-0.1, -0.05) is 54.7 Å². The first-order chi connectivity index (χ1) is 12.1. The molecule has 0 aliphatic heterocycles. The van der Waals surface area contributed by atoms with Crippen molar-refractivity contribution in [3.05, 3.63) is 58.1 Å². The van der Waals surface area contributed by atoms with Crippen molar-refractivity contribution in [2.75, 3.05) is 5.32 Å². The van der Waals surface area contributed by atoms with Gasteiger partial charge in [-0.05, 0) is 41.3 Å². The van der Waals surface area contributed by atoms with Gasteiger partial charge >= 0.3 is 0 Å². The fourth-order valence-corrected chi connectivity index (χ4v) is 3.19. The largest absolute Gasteiger partial charge is 0.296 e. The highest BCUT2D eigenvalue weighted by molar-refractivity contribution is 7.15. The first-order valence-electron chi connectivity index (χ1n) is 7.86. The molecule has 1 aromatic heterocycles. The lowest BCUT2D eigenvalue weighted by Gasteiger charge is -2.06. The average molecular weight is 348 g/mol. The van der Waals surface area contributed by atoms with Crippen LogP contribution >= 0.6 is 11.3 Å². The molecular weight excluding hydrogens is 332 g/mol. The Hall–Kier alpha value is -3.04. The standard InChI is InChI=1S/C19H16N4OS/c1-3-17-22-23-19(25-17)21-18(24)14(11-20)10-13-9-8-12(2)15-6-4-5-7-16(13)15/h4-10H,3H2,1-2H3,(H,21,23,24). The summed E-state index contributed by atoms with van der Waals surface area (Å²) in [5.74, 6) is -0.481. The molecule has 0 bridgehead atoms. The average Bonchev–Trinajstić information content (AvgIpc) is 3.09. The van der Waals surface area contributed by atoms with Gasteiger partial charge in [-0.3, -0.25) is 10.1 Å². The van der Waals surface area contributed by atoms with Gasteiger partial charge in [-0.2, -0.15) is 5.26 Å². The topological polar surface area (TPSA) is 78.7 Å². The molecule has 2 aromatic carbocycles. The monoisotopic (exact) mass is 348 g/mol. The van der Waals surface area contributed by atoms with Gasteiger partial charge in [0.15, 0.2) is 0 Å². The number of nitrogens with one attached hydrogen (secondary N) is 1. The maximum absolute atomic E-state index is 12.4. The quantitative estimate of drug-likeness (QED) is 0.568.